The van der Waals surface area contributed by atoms with Crippen molar-refractivity contribution < 1.29 is 9.59 Å². The van der Waals surface area contributed by atoms with E-state index >= 15 is 0 Å². The van der Waals surface area contributed by atoms with Crippen molar-refractivity contribution in [2.75, 3.05) is 13.1 Å². The Hall–Kier alpha value is -2.11. The predicted molar refractivity (Wildman–Crippen MR) is 85.7 cm³/mol. The number of hydrogen-bond acceptors (Lipinski definition) is 3. The number of likely N-dealkylation sites (tertiary alicyclic amines) is 1. The molecule has 120 valence electrons. The molecule has 1 fully saturated rings. The van der Waals surface area contributed by atoms with Crippen molar-refractivity contribution in [1.29, 1.82) is 0 Å². The molecule has 0 bridgehead atoms. The molecule has 0 aromatic carbocycles. The van der Waals surface area contributed by atoms with Gasteiger partial charge < -0.3 is 9.88 Å². The van der Waals surface area contributed by atoms with Gasteiger partial charge >= 0.3 is 0 Å². The van der Waals surface area contributed by atoms with Gasteiger partial charge in [0, 0.05) is 30.4 Å². The van der Waals surface area contributed by atoms with Gasteiger partial charge in [0.2, 0.25) is 5.91 Å². The fourth-order valence-corrected chi connectivity index (χ4v) is 2.83. The summed E-state index contributed by atoms with van der Waals surface area (Å²) in [7, 11) is 0. The molecule has 1 aliphatic heterocycles. The third kappa shape index (κ3) is 3.96. The first-order valence-corrected chi connectivity index (χ1v) is 7.75. The van der Waals surface area contributed by atoms with Crippen LogP contribution >= 0.6 is 0 Å². The summed E-state index contributed by atoms with van der Waals surface area (Å²) in [5, 5.41) is 4.16. The Labute approximate surface area is 131 Å². The molecule has 0 radical (unpaired) electrons. The van der Waals surface area contributed by atoms with Crippen LogP contribution in [-0.4, -0.2) is 40.5 Å². The summed E-state index contributed by atoms with van der Waals surface area (Å²) in [5.74, 6) is -0.189. The Morgan fingerprint density at radius 1 is 1.36 bits per heavy atom. The van der Waals surface area contributed by atoms with Crippen LogP contribution in [0.4, 0.5) is 0 Å². The molecular weight excluding hydrogens is 280 g/mol. The monoisotopic (exact) mass is 304 g/mol. The number of aryl methyl sites for hydroxylation is 2. The molecule has 2 N–H and O–H groups in total. The van der Waals surface area contributed by atoms with Gasteiger partial charge in [-0.05, 0) is 39.2 Å². The van der Waals surface area contributed by atoms with E-state index in [4.69, 9.17) is 0 Å². The van der Waals surface area contributed by atoms with E-state index < -0.39 is 0 Å². The van der Waals surface area contributed by atoms with Crippen molar-refractivity contribution in [3.8, 4) is 0 Å². The van der Waals surface area contributed by atoms with Gasteiger partial charge in [-0.1, -0.05) is 6.42 Å². The molecule has 0 aliphatic carbocycles. The second kappa shape index (κ2) is 7.24. The molecule has 6 nitrogen and oxygen atoms in total. The number of amides is 2. The fourth-order valence-electron chi connectivity index (χ4n) is 2.83. The van der Waals surface area contributed by atoms with E-state index in [0.29, 0.717) is 13.0 Å². The molecule has 2 rings (SSSR count). The summed E-state index contributed by atoms with van der Waals surface area (Å²) in [6.45, 7) is 6.57. The van der Waals surface area contributed by atoms with Gasteiger partial charge in [0.25, 0.3) is 5.91 Å². The normalized spacial score (nSPS) is 16.6. The van der Waals surface area contributed by atoms with E-state index in [1.54, 1.807) is 4.90 Å². The molecule has 2 heterocycles. The van der Waals surface area contributed by atoms with Crippen LogP contribution in [0.5, 0.6) is 0 Å². The van der Waals surface area contributed by atoms with Crippen LogP contribution in [0.3, 0.4) is 0 Å². The lowest BCUT2D eigenvalue weighted by atomic mass is 10.1. The highest BCUT2D eigenvalue weighted by Gasteiger charge is 2.19. The van der Waals surface area contributed by atoms with Crippen molar-refractivity contribution in [2.45, 2.75) is 46.5 Å². The summed E-state index contributed by atoms with van der Waals surface area (Å²) < 4.78 is 0. The molecule has 0 saturated carbocycles. The first-order chi connectivity index (χ1) is 10.5. The van der Waals surface area contributed by atoms with Crippen LogP contribution in [0, 0.1) is 13.8 Å². The number of hydrogen-bond donors (Lipinski definition) is 2. The van der Waals surface area contributed by atoms with Crippen LogP contribution in [0.25, 0.3) is 0 Å². The number of aromatic nitrogens is 1. The van der Waals surface area contributed by atoms with Crippen molar-refractivity contribution in [3.63, 3.8) is 0 Å². The van der Waals surface area contributed by atoms with Gasteiger partial charge in [0.15, 0.2) is 0 Å². The summed E-state index contributed by atoms with van der Waals surface area (Å²) in [6, 6.07) is 0. The zero-order valence-electron chi connectivity index (χ0n) is 13.5. The Morgan fingerprint density at radius 3 is 2.82 bits per heavy atom. The molecule has 6 heteroatoms. The van der Waals surface area contributed by atoms with Crippen molar-refractivity contribution in [2.24, 2.45) is 5.10 Å². The molecule has 1 saturated heterocycles. The molecule has 0 atom stereocenters. The van der Waals surface area contributed by atoms with Crippen molar-refractivity contribution >= 4 is 17.5 Å². The number of nitrogens with one attached hydrogen (secondary N) is 2. The van der Waals surface area contributed by atoms with Gasteiger partial charge in [-0.25, -0.2) is 5.43 Å². The third-order valence-corrected chi connectivity index (χ3v) is 3.99. The maximum absolute atomic E-state index is 12.0. The van der Waals surface area contributed by atoms with Crippen molar-refractivity contribution in [3.05, 3.63) is 23.0 Å². The standard InChI is InChI=1S/C16H24N4O2/c1-11-9-17-12(2)16(11)13(3)18-19-14(21)10-20-8-6-4-5-7-15(20)22/h9,17H,4-8,10H2,1-3H3,(H,19,21)/b18-13+. The Kier molecular flexibility index (Phi) is 5.35. The summed E-state index contributed by atoms with van der Waals surface area (Å²) in [6.07, 6.45) is 5.38. The fraction of sp³-hybridized carbons (Fsp3) is 0.562. The lowest BCUT2D eigenvalue weighted by molar-refractivity contribution is -0.135. The number of nitrogens with zero attached hydrogens (tertiary/aromatic N) is 2. The number of carbonyl (C=O) groups excluding carboxylic acids is 2. The lowest BCUT2D eigenvalue weighted by Gasteiger charge is -2.19. The molecule has 2 amide bonds. The average molecular weight is 304 g/mol. The van der Waals surface area contributed by atoms with Crippen LogP contribution in [-0.2, 0) is 9.59 Å². The van der Waals surface area contributed by atoms with Crippen LogP contribution in [0.2, 0.25) is 0 Å². The SMILES string of the molecule is C/C(=N\NC(=O)CN1CCCCCC1=O)c1c(C)c[nH]c1C. The smallest absolute Gasteiger partial charge is 0.259 e. The number of H-pyrrole nitrogens is 1. The lowest BCUT2D eigenvalue weighted by Crippen LogP contribution is -2.39. The van der Waals surface area contributed by atoms with E-state index in [-0.39, 0.29) is 18.4 Å². The molecule has 1 aromatic rings. The molecule has 1 aromatic heterocycles. The highest BCUT2D eigenvalue weighted by Crippen LogP contribution is 2.13. The maximum atomic E-state index is 12.0. The predicted octanol–water partition coefficient (Wildman–Crippen LogP) is 1.87. The minimum absolute atomic E-state index is 0.0608. The summed E-state index contributed by atoms with van der Waals surface area (Å²) in [5.41, 5.74) is 6.45. The van der Waals surface area contributed by atoms with Crippen molar-refractivity contribution in [1.82, 2.24) is 15.3 Å². The Morgan fingerprint density at radius 2 is 2.14 bits per heavy atom. The largest absolute Gasteiger partial charge is 0.364 e. The van der Waals surface area contributed by atoms with Gasteiger partial charge in [-0.15, -0.1) is 0 Å². The highest BCUT2D eigenvalue weighted by molar-refractivity contribution is 6.01. The third-order valence-electron chi connectivity index (χ3n) is 3.99. The maximum Gasteiger partial charge on any atom is 0.259 e. The van der Waals surface area contributed by atoms with Gasteiger partial charge in [-0.2, -0.15) is 5.10 Å². The van der Waals surface area contributed by atoms with E-state index in [1.165, 1.54) is 0 Å². The molecule has 0 unspecified atom stereocenters. The number of hydrazone groups is 1. The highest BCUT2D eigenvalue weighted by atomic mass is 16.2. The van der Waals surface area contributed by atoms with Crippen LogP contribution in [0.1, 0.15) is 49.4 Å². The van der Waals surface area contributed by atoms with E-state index in [2.05, 4.69) is 15.5 Å². The topological polar surface area (TPSA) is 77.6 Å². The van der Waals surface area contributed by atoms with Crippen LogP contribution in [0.15, 0.2) is 11.3 Å². The molecular formula is C16H24N4O2. The minimum atomic E-state index is -0.250. The molecule has 22 heavy (non-hydrogen) atoms. The number of aromatic amines is 1. The second-order valence-corrected chi connectivity index (χ2v) is 5.83. The molecule has 0 spiro atoms. The van der Waals surface area contributed by atoms with Gasteiger partial charge in [0.1, 0.15) is 6.54 Å². The zero-order chi connectivity index (χ0) is 16.1. The first kappa shape index (κ1) is 16.3. The zero-order valence-corrected chi connectivity index (χ0v) is 13.5. The van der Waals surface area contributed by atoms with Gasteiger partial charge in [0.05, 0.1) is 5.71 Å². The van der Waals surface area contributed by atoms with Gasteiger partial charge in [-0.3, -0.25) is 9.59 Å². The molecule has 1 aliphatic rings. The summed E-state index contributed by atoms with van der Waals surface area (Å²) >= 11 is 0. The Bertz CT molecular complexity index is 569. The quantitative estimate of drug-likeness (QED) is 0.658. The average Bonchev–Trinajstić information content (AvgIpc) is 2.68. The summed E-state index contributed by atoms with van der Waals surface area (Å²) in [4.78, 5) is 28.6. The van der Waals surface area contributed by atoms with E-state index in [1.807, 2.05) is 27.0 Å². The second-order valence-electron chi connectivity index (χ2n) is 5.83. The van der Waals surface area contributed by atoms with E-state index in [9.17, 15) is 9.59 Å². The Balaban J connectivity index is 1.94. The number of rotatable bonds is 4. The van der Waals surface area contributed by atoms with Crippen LogP contribution < -0.4 is 5.43 Å². The number of carbonyl (C=O) groups is 2. The minimum Gasteiger partial charge on any atom is -0.364 e. The first-order valence-electron chi connectivity index (χ1n) is 7.75. The van der Waals surface area contributed by atoms with E-state index in [0.717, 1.165) is 41.8 Å².